The van der Waals surface area contributed by atoms with Crippen LogP contribution in [0.15, 0.2) is 84.9 Å². The van der Waals surface area contributed by atoms with Crippen molar-refractivity contribution in [2.75, 3.05) is 13.7 Å². The van der Waals surface area contributed by atoms with Crippen LogP contribution in [0.1, 0.15) is 50.3 Å². The first kappa shape index (κ1) is 21.7. The molecule has 0 bridgehead atoms. The fourth-order valence-corrected chi connectivity index (χ4v) is 3.34. The van der Waals surface area contributed by atoms with E-state index in [2.05, 4.69) is 98.9 Å². The molecule has 0 atom stereocenters. The van der Waals surface area contributed by atoms with Crippen molar-refractivity contribution in [3.8, 4) is 5.75 Å². The molecule has 0 aliphatic heterocycles. The summed E-state index contributed by atoms with van der Waals surface area (Å²) in [5.74, 6) is 0.870. The zero-order valence-corrected chi connectivity index (χ0v) is 17.6. The predicted octanol–water partition coefficient (Wildman–Crippen LogP) is 6.40. The lowest BCUT2D eigenvalue weighted by Gasteiger charge is -2.37. The van der Waals surface area contributed by atoms with Gasteiger partial charge >= 0.3 is 0 Å². The smallest absolute Gasteiger partial charge is 0.118 e. The van der Waals surface area contributed by atoms with E-state index in [0.717, 1.165) is 18.7 Å². The highest BCUT2D eigenvalue weighted by Gasteiger charge is 2.35. The molecule has 0 radical (unpaired) electrons. The molecule has 0 saturated carbocycles. The Labute approximate surface area is 170 Å². The Balaban J connectivity index is 0.000000878. The van der Waals surface area contributed by atoms with E-state index in [4.69, 9.17) is 4.74 Å². The second-order valence-corrected chi connectivity index (χ2v) is 6.84. The number of rotatable bonds is 7. The van der Waals surface area contributed by atoms with E-state index in [-0.39, 0.29) is 5.54 Å². The van der Waals surface area contributed by atoms with Crippen LogP contribution in [0.5, 0.6) is 5.75 Å². The van der Waals surface area contributed by atoms with Crippen LogP contribution in [0.3, 0.4) is 0 Å². The molecule has 2 heteroatoms. The van der Waals surface area contributed by atoms with Crippen LogP contribution in [0.2, 0.25) is 0 Å². The van der Waals surface area contributed by atoms with Crippen LogP contribution in [0, 0.1) is 0 Å². The second kappa shape index (κ2) is 11.3. The molecular formula is C26H33NO. The maximum atomic E-state index is 5.35. The number of nitrogens with one attached hydrogen (secondary N) is 1. The van der Waals surface area contributed by atoms with Crippen LogP contribution in [0.4, 0.5) is 0 Å². The Morgan fingerprint density at radius 1 is 0.679 bits per heavy atom. The Bertz CT molecular complexity index is 742. The van der Waals surface area contributed by atoms with Crippen LogP contribution in [-0.4, -0.2) is 13.7 Å². The van der Waals surface area contributed by atoms with Gasteiger partial charge in [-0.1, -0.05) is 100.0 Å². The maximum absolute atomic E-state index is 5.35. The molecule has 148 valence electrons. The third-order valence-corrected chi connectivity index (χ3v) is 4.58. The Kier molecular flexibility index (Phi) is 8.77. The monoisotopic (exact) mass is 375 g/mol. The number of ether oxygens (including phenoxy) is 1. The van der Waals surface area contributed by atoms with E-state index in [9.17, 15) is 0 Å². The fraction of sp³-hybridized carbons (Fsp3) is 0.308. The zero-order chi connectivity index (χ0) is 20.2. The van der Waals surface area contributed by atoms with E-state index in [0.29, 0.717) is 0 Å². The van der Waals surface area contributed by atoms with Gasteiger partial charge in [-0.15, -0.1) is 0 Å². The summed E-state index contributed by atoms with van der Waals surface area (Å²) < 4.78 is 5.35. The van der Waals surface area contributed by atoms with Crippen molar-refractivity contribution in [1.82, 2.24) is 5.32 Å². The lowest BCUT2D eigenvalue weighted by molar-refractivity contribution is 0.413. The molecule has 3 rings (SSSR count). The highest BCUT2D eigenvalue weighted by Crippen LogP contribution is 2.37. The normalized spacial score (nSPS) is 10.7. The summed E-state index contributed by atoms with van der Waals surface area (Å²) in [5.41, 5.74) is 3.30. The summed E-state index contributed by atoms with van der Waals surface area (Å²) in [6.07, 6.45) is 2.32. The highest BCUT2D eigenvalue weighted by molar-refractivity contribution is 5.50. The molecule has 0 unspecified atom stereocenters. The molecule has 0 aliphatic carbocycles. The first-order chi connectivity index (χ1) is 13.7. The molecule has 3 aromatic rings. The van der Waals surface area contributed by atoms with E-state index in [1.807, 2.05) is 12.1 Å². The van der Waals surface area contributed by atoms with Gasteiger partial charge in [0.05, 0.1) is 12.6 Å². The Morgan fingerprint density at radius 2 is 1.11 bits per heavy atom. The van der Waals surface area contributed by atoms with Gasteiger partial charge in [0.15, 0.2) is 0 Å². The van der Waals surface area contributed by atoms with Gasteiger partial charge in [0.2, 0.25) is 0 Å². The topological polar surface area (TPSA) is 21.3 Å². The van der Waals surface area contributed by atoms with Crippen molar-refractivity contribution in [1.29, 1.82) is 0 Å². The number of hydrogen-bond donors (Lipinski definition) is 1. The average molecular weight is 376 g/mol. The summed E-state index contributed by atoms with van der Waals surface area (Å²) in [6, 6.07) is 29.7. The minimum atomic E-state index is -0.384. The molecule has 0 fully saturated rings. The quantitative estimate of drug-likeness (QED) is 0.482. The molecule has 0 heterocycles. The van der Waals surface area contributed by atoms with Crippen molar-refractivity contribution in [3.63, 3.8) is 0 Å². The van der Waals surface area contributed by atoms with Crippen molar-refractivity contribution in [2.24, 2.45) is 0 Å². The van der Waals surface area contributed by atoms with E-state index >= 15 is 0 Å². The third kappa shape index (κ3) is 5.02. The molecular weight excluding hydrogens is 342 g/mol. The van der Waals surface area contributed by atoms with Gasteiger partial charge in [-0.2, -0.15) is 0 Å². The van der Waals surface area contributed by atoms with Gasteiger partial charge in [0, 0.05) is 0 Å². The summed E-state index contributed by atoms with van der Waals surface area (Å²) >= 11 is 0. The SMILES string of the molecule is CCC.CCCNC(c1ccccc1)(c1ccccc1)c1ccc(OC)cc1. The number of benzene rings is 3. The zero-order valence-electron chi connectivity index (χ0n) is 17.6. The van der Waals surface area contributed by atoms with E-state index < -0.39 is 0 Å². The Hall–Kier alpha value is -2.58. The molecule has 28 heavy (non-hydrogen) atoms. The van der Waals surface area contributed by atoms with Crippen molar-refractivity contribution < 1.29 is 4.74 Å². The molecule has 1 N–H and O–H groups in total. The Morgan fingerprint density at radius 3 is 1.50 bits per heavy atom. The second-order valence-electron chi connectivity index (χ2n) is 6.84. The molecule has 0 saturated heterocycles. The standard InChI is InChI=1S/C23H25NO.C3H8/c1-3-18-24-23(19-10-6-4-7-11-19,20-12-8-5-9-13-20)21-14-16-22(25-2)17-15-21;1-3-2/h4-17,24H,3,18H2,1-2H3;3H2,1-2H3. The minimum absolute atomic E-state index is 0.384. The van der Waals surface area contributed by atoms with Crippen molar-refractivity contribution in [3.05, 3.63) is 102 Å². The molecule has 0 amide bonds. The lowest BCUT2D eigenvalue weighted by Crippen LogP contribution is -2.45. The van der Waals surface area contributed by atoms with Crippen molar-refractivity contribution >= 4 is 0 Å². The molecule has 0 aromatic heterocycles. The van der Waals surface area contributed by atoms with Gasteiger partial charge in [0.25, 0.3) is 0 Å². The minimum Gasteiger partial charge on any atom is -0.497 e. The summed E-state index contributed by atoms with van der Waals surface area (Å²) in [7, 11) is 1.70. The van der Waals surface area contributed by atoms with Gasteiger partial charge in [-0.3, -0.25) is 0 Å². The van der Waals surface area contributed by atoms with E-state index in [1.165, 1.54) is 23.1 Å². The maximum Gasteiger partial charge on any atom is 0.118 e. The van der Waals surface area contributed by atoms with Gasteiger partial charge < -0.3 is 10.1 Å². The van der Waals surface area contributed by atoms with Gasteiger partial charge in [-0.05, 0) is 41.8 Å². The first-order valence-corrected chi connectivity index (χ1v) is 10.2. The molecule has 3 aromatic carbocycles. The number of hydrogen-bond acceptors (Lipinski definition) is 2. The average Bonchev–Trinajstić information content (AvgIpc) is 2.77. The third-order valence-electron chi connectivity index (χ3n) is 4.58. The van der Waals surface area contributed by atoms with Crippen LogP contribution in [-0.2, 0) is 5.54 Å². The van der Waals surface area contributed by atoms with Crippen LogP contribution >= 0.6 is 0 Å². The van der Waals surface area contributed by atoms with E-state index in [1.54, 1.807) is 7.11 Å². The first-order valence-electron chi connectivity index (χ1n) is 10.2. The molecule has 0 spiro atoms. The fourth-order valence-electron chi connectivity index (χ4n) is 3.34. The molecule has 0 aliphatic rings. The summed E-state index contributed by atoms with van der Waals surface area (Å²) in [4.78, 5) is 0. The predicted molar refractivity (Wildman–Crippen MR) is 120 cm³/mol. The van der Waals surface area contributed by atoms with Crippen LogP contribution < -0.4 is 10.1 Å². The highest BCUT2D eigenvalue weighted by atomic mass is 16.5. The summed E-state index contributed by atoms with van der Waals surface area (Å²) in [5, 5.41) is 3.83. The van der Waals surface area contributed by atoms with Gasteiger partial charge in [0.1, 0.15) is 5.75 Å². The molecule has 2 nitrogen and oxygen atoms in total. The number of methoxy groups -OCH3 is 1. The van der Waals surface area contributed by atoms with Crippen LogP contribution in [0.25, 0.3) is 0 Å². The lowest BCUT2D eigenvalue weighted by atomic mass is 9.77. The largest absolute Gasteiger partial charge is 0.497 e. The van der Waals surface area contributed by atoms with Crippen molar-refractivity contribution in [2.45, 2.75) is 39.2 Å². The summed E-state index contributed by atoms with van der Waals surface area (Å²) in [6.45, 7) is 7.37. The van der Waals surface area contributed by atoms with Gasteiger partial charge in [-0.25, -0.2) is 0 Å².